The number of ether oxygens (including phenoxy) is 1. The second-order valence-electron chi connectivity index (χ2n) is 4.88. The van der Waals surface area contributed by atoms with Gasteiger partial charge in [0.15, 0.2) is 6.61 Å². The summed E-state index contributed by atoms with van der Waals surface area (Å²) in [6, 6.07) is 6.95. The Bertz CT molecular complexity index is 804. The number of amides is 1. The molecule has 0 aliphatic carbocycles. The first-order valence-corrected chi connectivity index (χ1v) is 8.49. The van der Waals surface area contributed by atoms with Gasteiger partial charge < -0.3 is 4.74 Å². The van der Waals surface area contributed by atoms with Crippen LogP contribution in [0.2, 0.25) is 0 Å². The number of halogens is 1. The number of carbonyl (C=O) groups is 1. The lowest BCUT2D eigenvalue weighted by Crippen LogP contribution is -2.25. The van der Waals surface area contributed by atoms with Crippen molar-refractivity contribution in [1.82, 2.24) is 5.43 Å². The van der Waals surface area contributed by atoms with Crippen LogP contribution in [0.3, 0.4) is 0 Å². The first-order chi connectivity index (χ1) is 11.4. The average molecular weight is 412 g/mol. The predicted molar refractivity (Wildman–Crippen MR) is 95.7 cm³/mol. The average Bonchev–Trinajstić information content (AvgIpc) is 3.02. The Hall–Kier alpha value is -2.26. The Labute approximate surface area is 150 Å². The Morgan fingerprint density at radius 1 is 1.46 bits per heavy atom. The summed E-state index contributed by atoms with van der Waals surface area (Å²) < 4.78 is 6.18. The molecule has 0 unspecified atom stereocenters. The molecule has 0 fully saturated rings. The van der Waals surface area contributed by atoms with Gasteiger partial charge in [0, 0.05) is 6.07 Å². The van der Waals surface area contributed by atoms with Gasteiger partial charge in [-0.05, 0) is 47.5 Å². The smallest absolute Gasteiger partial charge is 0.280 e. The van der Waals surface area contributed by atoms with Crippen molar-refractivity contribution in [3.05, 3.63) is 54.7 Å². The summed E-state index contributed by atoms with van der Waals surface area (Å²) in [7, 11) is 0. The van der Waals surface area contributed by atoms with Gasteiger partial charge in [0.25, 0.3) is 11.6 Å². The fourth-order valence-corrected chi connectivity index (χ4v) is 3.13. The van der Waals surface area contributed by atoms with Crippen LogP contribution in [0.4, 0.5) is 5.69 Å². The van der Waals surface area contributed by atoms with E-state index in [1.165, 1.54) is 22.8 Å². The molecule has 0 aliphatic heterocycles. The molecule has 0 aliphatic rings. The van der Waals surface area contributed by atoms with E-state index >= 15 is 0 Å². The maximum atomic E-state index is 11.8. The third-order valence-electron chi connectivity index (χ3n) is 2.95. The molecule has 2 aromatic rings. The standard InChI is InChI=1S/C15H14BrN3O4S/c1-9-3-4-13(12(16)5-9)23-7-15(20)18-17-10(2)14-6-11(8-24-14)19(21)22/h3-6,8H,7H2,1-2H3,(H,18,20). The van der Waals surface area contributed by atoms with Crippen molar-refractivity contribution < 1.29 is 14.5 Å². The lowest BCUT2D eigenvalue weighted by Gasteiger charge is -2.08. The van der Waals surface area contributed by atoms with E-state index in [2.05, 4.69) is 26.5 Å². The Balaban J connectivity index is 1.90. The first-order valence-electron chi connectivity index (χ1n) is 6.82. The highest BCUT2D eigenvalue weighted by Crippen LogP contribution is 2.25. The summed E-state index contributed by atoms with van der Waals surface area (Å²) in [6.45, 7) is 3.42. The van der Waals surface area contributed by atoms with E-state index in [1.54, 1.807) is 13.0 Å². The van der Waals surface area contributed by atoms with Gasteiger partial charge in [-0.15, -0.1) is 11.3 Å². The number of nitrogens with zero attached hydrogens (tertiary/aromatic N) is 2. The molecule has 0 bridgehead atoms. The van der Waals surface area contributed by atoms with Crippen LogP contribution in [0.25, 0.3) is 0 Å². The van der Waals surface area contributed by atoms with Crippen LogP contribution in [-0.4, -0.2) is 23.1 Å². The van der Waals surface area contributed by atoms with Gasteiger partial charge in [0.2, 0.25) is 0 Å². The minimum absolute atomic E-state index is 0.00318. The number of hydrazone groups is 1. The predicted octanol–water partition coefficient (Wildman–Crippen LogP) is 3.65. The molecule has 1 N–H and O–H groups in total. The first kappa shape index (κ1) is 18.1. The molecule has 0 saturated carbocycles. The highest BCUT2D eigenvalue weighted by molar-refractivity contribution is 9.10. The molecule has 0 saturated heterocycles. The van der Waals surface area contributed by atoms with Gasteiger partial charge in [-0.1, -0.05) is 6.07 Å². The third-order valence-corrected chi connectivity index (χ3v) is 4.59. The maximum Gasteiger partial charge on any atom is 0.280 e. The number of benzene rings is 1. The number of nitrogens with one attached hydrogen (secondary N) is 1. The van der Waals surface area contributed by atoms with Crippen LogP contribution >= 0.6 is 27.3 Å². The second kappa shape index (κ2) is 8.02. The van der Waals surface area contributed by atoms with E-state index in [-0.39, 0.29) is 12.3 Å². The van der Waals surface area contributed by atoms with Crippen LogP contribution in [0.5, 0.6) is 5.75 Å². The van der Waals surface area contributed by atoms with Crippen LogP contribution in [0.1, 0.15) is 17.4 Å². The summed E-state index contributed by atoms with van der Waals surface area (Å²) in [4.78, 5) is 22.6. The molecule has 0 radical (unpaired) electrons. The monoisotopic (exact) mass is 411 g/mol. The topological polar surface area (TPSA) is 93.8 Å². The third kappa shape index (κ3) is 4.87. The van der Waals surface area contributed by atoms with Crippen LogP contribution < -0.4 is 10.2 Å². The van der Waals surface area contributed by atoms with E-state index in [1.807, 2.05) is 19.1 Å². The number of carbonyl (C=O) groups excluding carboxylic acids is 1. The number of nitro groups is 1. The van der Waals surface area contributed by atoms with Crippen LogP contribution in [-0.2, 0) is 4.79 Å². The van der Waals surface area contributed by atoms with Crippen LogP contribution in [0.15, 0.2) is 39.2 Å². The molecule has 1 aromatic carbocycles. The minimum Gasteiger partial charge on any atom is -0.483 e. The molecule has 1 heterocycles. The SMILES string of the molecule is CC(=NNC(=O)COc1ccc(C)cc1Br)c1cc([N+](=O)[O-])cs1. The molecule has 0 atom stereocenters. The lowest BCUT2D eigenvalue weighted by atomic mass is 10.2. The summed E-state index contributed by atoms with van der Waals surface area (Å²) in [6.07, 6.45) is 0. The molecule has 1 aromatic heterocycles. The number of rotatable bonds is 6. The molecule has 9 heteroatoms. The normalized spacial score (nSPS) is 11.2. The number of hydrogen-bond acceptors (Lipinski definition) is 6. The van der Waals surface area contributed by atoms with Crippen molar-refractivity contribution in [2.45, 2.75) is 13.8 Å². The van der Waals surface area contributed by atoms with E-state index in [0.29, 0.717) is 16.3 Å². The number of thiophene rings is 1. The fraction of sp³-hybridized carbons (Fsp3) is 0.200. The number of aryl methyl sites for hydroxylation is 1. The van der Waals surface area contributed by atoms with Crippen molar-refractivity contribution in [3.63, 3.8) is 0 Å². The highest BCUT2D eigenvalue weighted by atomic mass is 79.9. The molecule has 2 rings (SSSR count). The van der Waals surface area contributed by atoms with Gasteiger partial charge in [-0.2, -0.15) is 5.10 Å². The molecule has 0 spiro atoms. The summed E-state index contributed by atoms with van der Waals surface area (Å²) in [5.74, 6) is 0.137. The van der Waals surface area contributed by atoms with Crippen LogP contribution in [0, 0.1) is 17.0 Å². The lowest BCUT2D eigenvalue weighted by molar-refractivity contribution is -0.384. The highest BCUT2D eigenvalue weighted by Gasteiger charge is 2.11. The Morgan fingerprint density at radius 3 is 2.83 bits per heavy atom. The van der Waals surface area contributed by atoms with Gasteiger partial charge in [0.05, 0.1) is 25.4 Å². The summed E-state index contributed by atoms with van der Waals surface area (Å²) in [5.41, 5.74) is 3.93. The van der Waals surface area contributed by atoms with Gasteiger partial charge in [-0.25, -0.2) is 5.43 Å². The van der Waals surface area contributed by atoms with Gasteiger partial charge in [0.1, 0.15) is 5.75 Å². The largest absolute Gasteiger partial charge is 0.483 e. The van der Waals surface area contributed by atoms with Crippen molar-refractivity contribution in [2.24, 2.45) is 5.10 Å². The van der Waals surface area contributed by atoms with Crippen molar-refractivity contribution in [1.29, 1.82) is 0 Å². The molecule has 7 nitrogen and oxygen atoms in total. The zero-order chi connectivity index (χ0) is 17.7. The van der Waals surface area contributed by atoms with E-state index < -0.39 is 10.8 Å². The van der Waals surface area contributed by atoms with E-state index in [9.17, 15) is 14.9 Å². The maximum absolute atomic E-state index is 11.8. The van der Waals surface area contributed by atoms with Crippen molar-refractivity contribution in [3.8, 4) is 5.75 Å². The van der Waals surface area contributed by atoms with Crippen molar-refractivity contribution in [2.75, 3.05) is 6.61 Å². The van der Waals surface area contributed by atoms with Gasteiger partial charge >= 0.3 is 0 Å². The van der Waals surface area contributed by atoms with E-state index in [4.69, 9.17) is 4.74 Å². The zero-order valence-corrected chi connectivity index (χ0v) is 15.3. The number of hydrogen-bond donors (Lipinski definition) is 1. The summed E-state index contributed by atoms with van der Waals surface area (Å²) in [5, 5.41) is 16.0. The fourth-order valence-electron chi connectivity index (χ4n) is 1.71. The van der Waals surface area contributed by atoms with Gasteiger partial charge in [-0.3, -0.25) is 14.9 Å². The summed E-state index contributed by atoms with van der Waals surface area (Å²) >= 11 is 4.56. The second-order valence-corrected chi connectivity index (χ2v) is 6.65. The molecule has 126 valence electrons. The molecule has 1 amide bonds. The Morgan fingerprint density at radius 2 is 2.21 bits per heavy atom. The quantitative estimate of drug-likeness (QED) is 0.445. The minimum atomic E-state index is -0.473. The Kier molecular flexibility index (Phi) is 6.04. The zero-order valence-electron chi connectivity index (χ0n) is 12.9. The molecular weight excluding hydrogens is 398 g/mol. The van der Waals surface area contributed by atoms with Crippen molar-refractivity contribution >= 4 is 44.6 Å². The molecule has 24 heavy (non-hydrogen) atoms. The van der Waals surface area contributed by atoms with E-state index in [0.717, 1.165) is 10.0 Å². The molecular formula is C15H14BrN3O4S.